The summed E-state index contributed by atoms with van der Waals surface area (Å²) < 4.78 is 28.3. The van der Waals surface area contributed by atoms with Gasteiger partial charge in [-0.1, -0.05) is 77.8 Å². The van der Waals surface area contributed by atoms with Gasteiger partial charge in [-0.25, -0.2) is 8.42 Å². The first kappa shape index (κ1) is 27.5. The monoisotopic (exact) mass is 547 g/mol. The van der Waals surface area contributed by atoms with E-state index in [1.54, 1.807) is 38.1 Å². The van der Waals surface area contributed by atoms with E-state index in [9.17, 15) is 18.0 Å². The van der Waals surface area contributed by atoms with Crippen LogP contribution in [-0.4, -0.2) is 44.3 Å². The Morgan fingerprint density at radius 2 is 1.53 bits per heavy atom. The molecule has 0 bridgehead atoms. The van der Waals surface area contributed by atoms with E-state index in [0.29, 0.717) is 6.54 Å². The van der Waals surface area contributed by atoms with E-state index in [4.69, 9.17) is 23.2 Å². The van der Waals surface area contributed by atoms with Crippen molar-refractivity contribution in [2.24, 2.45) is 0 Å². The van der Waals surface area contributed by atoms with Crippen molar-refractivity contribution in [1.82, 2.24) is 10.2 Å². The molecule has 2 amide bonds. The second kappa shape index (κ2) is 12.3. The summed E-state index contributed by atoms with van der Waals surface area (Å²) in [6, 6.07) is 20.6. The molecule has 0 saturated heterocycles. The summed E-state index contributed by atoms with van der Waals surface area (Å²) in [7, 11) is -4.21. The molecule has 0 aliphatic rings. The number of amides is 2. The minimum atomic E-state index is -4.21. The first-order valence-electron chi connectivity index (χ1n) is 11.3. The highest BCUT2D eigenvalue weighted by Crippen LogP contribution is 2.35. The summed E-state index contributed by atoms with van der Waals surface area (Å²) in [5.41, 5.74) is 0.854. The molecule has 0 saturated carbocycles. The molecule has 3 rings (SSSR count). The largest absolute Gasteiger partial charge is 0.355 e. The lowest BCUT2D eigenvalue weighted by Crippen LogP contribution is -2.51. The maximum absolute atomic E-state index is 13.7. The summed E-state index contributed by atoms with van der Waals surface area (Å²) in [6.07, 6.45) is 0. The number of likely N-dealkylation sites (N-methyl/N-ethyl adjacent to an activating group) is 1. The highest BCUT2D eigenvalue weighted by molar-refractivity contribution is 7.92. The van der Waals surface area contributed by atoms with Crippen molar-refractivity contribution in [3.05, 3.63) is 94.5 Å². The summed E-state index contributed by atoms with van der Waals surface area (Å²) in [5.74, 6) is -0.923. The summed E-state index contributed by atoms with van der Waals surface area (Å²) >= 11 is 12.6. The lowest BCUT2D eigenvalue weighted by Gasteiger charge is -2.32. The Bertz CT molecular complexity index is 1310. The fourth-order valence-electron chi connectivity index (χ4n) is 3.60. The van der Waals surface area contributed by atoms with Gasteiger partial charge in [0, 0.05) is 13.1 Å². The Kier molecular flexibility index (Phi) is 9.37. The number of hydrogen-bond acceptors (Lipinski definition) is 4. The van der Waals surface area contributed by atoms with Crippen molar-refractivity contribution < 1.29 is 18.0 Å². The van der Waals surface area contributed by atoms with E-state index in [2.05, 4.69) is 5.32 Å². The third-order valence-corrected chi connectivity index (χ3v) is 8.11. The van der Waals surface area contributed by atoms with Gasteiger partial charge in [0.1, 0.15) is 12.6 Å². The molecule has 0 fully saturated rings. The zero-order chi connectivity index (χ0) is 26.3. The SMILES string of the molecule is CCNC(=O)C(C)N(Cc1ccccc1)C(=O)CN(c1cccc(Cl)c1Cl)S(=O)(=O)c1ccccc1. The van der Waals surface area contributed by atoms with Crippen LogP contribution in [-0.2, 0) is 26.2 Å². The first-order chi connectivity index (χ1) is 17.2. The average Bonchev–Trinajstić information content (AvgIpc) is 2.88. The second-order valence-electron chi connectivity index (χ2n) is 7.98. The van der Waals surface area contributed by atoms with Crippen LogP contribution in [0.25, 0.3) is 0 Å². The van der Waals surface area contributed by atoms with Crippen LogP contribution in [0.2, 0.25) is 10.0 Å². The Morgan fingerprint density at radius 1 is 0.917 bits per heavy atom. The molecule has 0 radical (unpaired) electrons. The number of anilines is 1. The van der Waals surface area contributed by atoms with Gasteiger partial charge in [0.05, 0.1) is 20.6 Å². The normalized spacial score (nSPS) is 12.0. The molecular weight excluding hydrogens is 521 g/mol. The summed E-state index contributed by atoms with van der Waals surface area (Å²) in [6.45, 7) is 3.30. The predicted octanol–water partition coefficient (Wildman–Crippen LogP) is 4.74. The molecule has 10 heteroatoms. The van der Waals surface area contributed by atoms with Crippen LogP contribution in [0.15, 0.2) is 83.8 Å². The van der Waals surface area contributed by atoms with Crippen LogP contribution in [0.3, 0.4) is 0 Å². The molecule has 0 aliphatic carbocycles. The zero-order valence-electron chi connectivity index (χ0n) is 19.9. The number of halogens is 2. The van der Waals surface area contributed by atoms with Gasteiger partial charge in [-0.2, -0.15) is 0 Å². The number of hydrogen-bond donors (Lipinski definition) is 1. The van der Waals surface area contributed by atoms with E-state index in [1.807, 2.05) is 30.3 Å². The molecule has 7 nitrogen and oxygen atoms in total. The van der Waals surface area contributed by atoms with Crippen LogP contribution >= 0.6 is 23.2 Å². The van der Waals surface area contributed by atoms with Crippen LogP contribution < -0.4 is 9.62 Å². The van der Waals surface area contributed by atoms with E-state index in [1.165, 1.54) is 29.2 Å². The molecule has 0 heterocycles. The van der Waals surface area contributed by atoms with Gasteiger partial charge in [0.25, 0.3) is 10.0 Å². The van der Waals surface area contributed by atoms with Crippen LogP contribution in [0.4, 0.5) is 5.69 Å². The Balaban J connectivity index is 2.05. The first-order valence-corrected chi connectivity index (χ1v) is 13.5. The molecule has 1 N–H and O–H groups in total. The van der Waals surface area contributed by atoms with E-state index >= 15 is 0 Å². The number of carbonyl (C=O) groups excluding carboxylic acids is 2. The van der Waals surface area contributed by atoms with E-state index in [-0.39, 0.29) is 33.1 Å². The molecular formula is C26H27Cl2N3O4S. The van der Waals surface area contributed by atoms with Crippen molar-refractivity contribution in [3.8, 4) is 0 Å². The standard InChI is InChI=1S/C26H27Cl2N3O4S/c1-3-29-26(33)19(2)30(17-20-11-6-4-7-12-20)24(32)18-31(23-16-10-15-22(27)25(23)28)36(34,35)21-13-8-5-9-14-21/h4-16,19H,3,17-18H2,1-2H3,(H,29,33). The van der Waals surface area contributed by atoms with Gasteiger partial charge in [-0.05, 0) is 43.7 Å². The maximum Gasteiger partial charge on any atom is 0.264 e. The molecule has 1 atom stereocenters. The fraction of sp³-hybridized carbons (Fsp3) is 0.231. The molecule has 3 aromatic carbocycles. The van der Waals surface area contributed by atoms with E-state index in [0.717, 1.165) is 9.87 Å². The van der Waals surface area contributed by atoms with Crippen molar-refractivity contribution in [2.75, 3.05) is 17.4 Å². The van der Waals surface area contributed by atoms with Gasteiger partial charge in [0.2, 0.25) is 11.8 Å². The number of carbonyl (C=O) groups is 2. The quantitative estimate of drug-likeness (QED) is 0.397. The Morgan fingerprint density at radius 3 is 2.14 bits per heavy atom. The topological polar surface area (TPSA) is 86.8 Å². The minimum Gasteiger partial charge on any atom is -0.355 e. The number of benzene rings is 3. The number of sulfonamides is 1. The van der Waals surface area contributed by atoms with Gasteiger partial charge in [0.15, 0.2) is 0 Å². The highest BCUT2D eigenvalue weighted by atomic mass is 35.5. The second-order valence-corrected chi connectivity index (χ2v) is 10.6. The van der Waals surface area contributed by atoms with E-state index < -0.39 is 28.5 Å². The number of nitrogens with zero attached hydrogens (tertiary/aromatic N) is 2. The van der Waals surface area contributed by atoms with Crippen molar-refractivity contribution in [1.29, 1.82) is 0 Å². The van der Waals surface area contributed by atoms with Gasteiger partial charge >= 0.3 is 0 Å². The van der Waals surface area contributed by atoms with Crippen LogP contribution in [0.5, 0.6) is 0 Å². The third-order valence-electron chi connectivity index (χ3n) is 5.52. The number of nitrogens with one attached hydrogen (secondary N) is 1. The maximum atomic E-state index is 13.7. The molecule has 0 aliphatic heterocycles. The summed E-state index contributed by atoms with van der Waals surface area (Å²) in [4.78, 5) is 27.7. The van der Waals surface area contributed by atoms with Crippen LogP contribution in [0, 0.1) is 0 Å². The predicted molar refractivity (Wildman–Crippen MR) is 143 cm³/mol. The fourth-order valence-corrected chi connectivity index (χ4v) is 5.50. The van der Waals surface area contributed by atoms with Crippen molar-refractivity contribution in [2.45, 2.75) is 31.3 Å². The highest BCUT2D eigenvalue weighted by Gasteiger charge is 2.33. The minimum absolute atomic E-state index is 0.00198. The Hall–Kier alpha value is -3.07. The molecule has 3 aromatic rings. The zero-order valence-corrected chi connectivity index (χ0v) is 22.2. The lowest BCUT2D eigenvalue weighted by atomic mass is 10.1. The average molecular weight is 548 g/mol. The molecule has 0 aromatic heterocycles. The van der Waals surface area contributed by atoms with Gasteiger partial charge < -0.3 is 10.2 Å². The molecule has 190 valence electrons. The van der Waals surface area contributed by atoms with Gasteiger partial charge in [-0.3, -0.25) is 13.9 Å². The smallest absolute Gasteiger partial charge is 0.264 e. The lowest BCUT2D eigenvalue weighted by molar-refractivity contribution is -0.139. The third kappa shape index (κ3) is 6.37. The van der Waals surface area contributed by atoms with Gasteiger partial charge in [-0.15, -0.1) is 0 Å². The Labute approximate surface area is 221 Å². The number of rotatable bonds is 10. The van der Waals surface area contributed by atoms with Crippen molar-refractivity contribution >= 4 is 50.7 Å². The molecule has 1 unspecified atom stereocenters. The summed E-state index contributed by atoms with van der Waals surface area (Å²) in [5, 5.41) is 2.86. The van der Waals surface area contributed by atoms with Crippen molar-refractivity contribution in [3.63, 3.8) is 0 Å². The molecule has 36 heavy (non-hydrogen) atoms. The van der Waals surface area contributed by atoms with Crippen LogP contribution in [0.1, 0.15) is 19.4 Å². The molecule has 0 spiro atoms.